The van der Waals surface area contributed by atoms with Gasteiger partial charge in [0.05, 0.1) is 14.2 Å². The Kier molecular flexibility index (Phi) is 7.53. The molecule has 2 aromatic carbocycles. The molecule has 0 unspecified atom stereocenters. The third-order valence-corrected chi connectivity index (χ3v) is 5.94. The Labute approximate surface area is 187 Å². The van der Waals surface area contributed by atoms with E-state index in [4.69, 9.17) is 9.47 Å². The van der Waals surface area contributed by atoms with E-state index in [1.807, 2.05) is 24.3 Å². The molecule has 1 aliphatic heterocycles. The van der Waals surface area contributed by atoms with Crippen molar-refractivity contribution in [2.75, 3.05) is 27.3 Å². The molecule has 0 aromatic heterocycles. The Hall–Kier alpha value is -3.32. The number of benzene rings is 2. The number of aliphatic carboxylic acids is 2. The molecule has 0 radical (unpaired) electrons. The first kappa shape index (κ1) is 23.3. The fourth-order valence-corrected chi connectivity index (χ4v) is 4.08. The van der Waals surface area contributed by atoms with E-state index < -0.39 is 17.4 Å². The van der Waals surface area contributed by atoms with E-state index in [1.54, 1.807) is 18.2 Å². The average Bonchev–Trinajstić information content (AvgIpc) is 2.80. The molecule has 0 saturated heterocycles. The van der Waals surface area contributed by atoms with Gasteiger partial charge in [-0.15, -0.1) is 0 Å². The van der Waals surface area contributed by atoms with Crippen molar-refractivity contribution in [2.45, 2.75) is 25.8 Å². The summed E-state index contributed by atoms with van der Waals surface area (Å²) >= 11 is 0. The summed E-state index contributed by atoms with van der Waals surface area (Å²) < 4.78 is 10.5. The zero-order valence-electron chi connectivity index (χ0n) is 18.4. The van der Waals surface area contributed by atoms with E-state index >= 15 is 0 Å². The maximum Gasteiger partial charge on any atom is 0.321 e. The van der Waals surface area contributed by atoms with Crippen LogP contribution in [-0.2, 0) is 22.6 Å². The van der Waals surface area contributed by atoms with Crippen LogP contribution in [0.2, 0.25) is 0 Å². The van der Waals surface area contributed by atoms with Crippen LogP contribution in [0.25, 0.3) is 0 Å². The predicted molar refractivity (Wildman–Crippen MR) is 120 cm³/mol. The largest absolute Gasteiger partial charge is 0.493 e. The molecule has 0 atom stereocenters. The van der Waals surface area contributed by atoms with Crippen molar-refractivity contribution in [2.24, 2.45) is 5.41 Å². The fourth-order valence-electron chi connectivity index (χ4n) is 4.08. The van der Waals surface area contributed by atoms with Crippen molar-refractivity contribution in [1.29, 1.82) is 0 Å². The SMILES string of the molecule is COc1ccc(CC(CC2=CCN(Cc3ccccc3)CC2)(C(=O)O)C(=O)O)cc1OC. The predicted octanol–water partition coefficient (Wildman–Crippen LogP) is 3.62. The summed E-state index contributed by atoms with van der Waals surface area (Å²) in [5, 5.41) is 20.0. The van der Waals surface area contributed by atoms with E-state index in [1.165, 1.54) is 19.8 Å². The van der Waals surface area contributed by atoms with Gasteiger partial charge in [-0.05, 0) is 42.5 Å². The number of methoxy groups -OCH3 is 2. The standard InChI is InChI=1S/C25H29NO6/c1-31-21-9-8-20(14-22(21)32-2)16-25(23(27)28,24(29)30)15-18-10-12-26(13-11-18)17-19-6-4-3-5-7-19/h3-10,14H,11-13,15-17H2,1-2H3,(H,27,28)(H,29,30). The van der Waals surface area contributed by atoms with Crippen LogP contribution in [0, 0.1) is 5.41 Å². The quantitative estimate of drug-likeness (QED) is 0.431. The van der Waals surface area contributed by atoms with Crippen LogP contribution in [0.5, 0.6) is 11.5 Å². The molecule has 3 rings (SSSR count). The first-order chi connectivity index (χ1) is 15.4. The normalized spacial score (nSPS) is 14.5. The second kappa shape index (κ2) is 10.3. The zero-order valence-corrected chi connectivity index (χ0v) is 18.4. The minimum absolute atomic E-state index is 0.0365. The Morgan fingerprint density at radius 2 is 1.62 bits per heavy atom. The van der Waals surface area contributed by atoms with Gasteiger partial charge in [-0.2, -0.15) is 0 Å². The maximum atomic E-state index is 12.2. The molecule has 0 aliphatic carbocycles. The molecule has 32 heavy (non-hydrogen) atoms. The summed E-state index contributed by atoms with van der Waals surface area (Å²) in [6.45, 7) is 2.22. The Morgan fingerprint density at radius 1 is 0.938 bits per heavy atom. The van der Waals surface area contributed by atoms with Gasteiger partial charge >= 0.3 is 11.9 Å². The minimum Gasteiger partial charge on any atom is -0.493 e. The van der Waals surface area contributed by atoms with Gasteiger partial charge in [0.25, 0.3) is 0 Å². The second-order valence-electron chi connectivity index (χ2n) is 8.07. The van der Waals surface area contributed by atoms with Crippen molar-refractivity contribution < 1.29 is 29.3 Å². The third-order valence-electron chi connectivity index (χ3n) is 5.94. The highest BCUT2D eigenvalue weighted by molar-refractivity contribution is 5.99. The fraction of sp³-hybridized carbons (Fsp3) is 0.360. The van der Waals surface area contributed by atoms with Gasteiger partial charge < -0.3 is 19.7 Å². The molecule has 0 spiro atoms. The van der Waals surface area contributed by atoms with E-state index in [9.17, 15) is 19.8 Å². The maximum absolute atomic E-state index is 12.2. The van der Waals surface area contributed by atoms with E-state index in [0.29, 0.717) is 30.0 Å². The molecular weight excluding hydrogens is 410 g/mol. The van der Waals surface area contributed by atoms with Crippen molar-refractivity contribution in [3.8, 4) is 11.5 Å². The number of carbonyl (C=O) groups is 2. The van der Waals surface area contributed by atoms with Gasteiger partial charge in [0.1, 0.15) is 0 Å². The molecule has 2 aromatic rings. The number of hydrogen-bond acceptors (Lipinski definition) is 5. The molecule has 0 fully saturated rings. The molecule has 0 amide bonds. The Bertz CT molecular complexity index is 971. The van der Waals surface area contributed by atoms with Crippen LogP contribution in [0.15, 0.2) is 60.2 Å². The summed E-state index contributed by atoms with van der Waals surface area (Å²) in [7, 11) is 2.99. The molecule has 1 aliphatic rings. The van der Waals surface area contributed by atoms with Gasteiger partial charge in [0.2, 0.25) is 0 Å². The summed E-state index contributed by atoms with van der Waals surface area (Å²) in [5.74, 6) is -1.75. The number of carboxylic acids is 2. The molecule has 170 valence electrons. The van der Waals surface area contributed by atoms with E-state index in [0.717, 1.165) is 18.7 Å². The number of carboxylic acid groups (broad SMARTS) is 2. The number of nitrogens with zero attached hydrogens (tertiary/aromatic N) is 1. The van der Waals surface area contributed by atoms with Crippen molar-refractivity contribution in [1.82, 2.24) is 4.90 Å². The van der Waals surface area contributed by atoms with Gasteiger partial charge in [0.15, 0.2) is 16.9 Å². The molecule has 1 heterocycles. The molecule has 0 saturated carbocycles. The summed E-state index contributed by atoms with van der Waals surface area (Å²) in [6, 6.07) is 15.1. The molecule has 7 nitrogen and oxygen atoms in total. The van der Waals surface area contributed by atoms with E-state index in [-0.39, 0.29) is 12.8 Å². The first-order valence-corrected chi connectivity index (χ1v) is 10.5. The lowest BCUT2D eigenvalue weighted by atomic mass is 9.75. The molecule has 2 N–H and O–H groups in total. The Balaban J connectivity index is 1.78. The van der Waals surface area contributed by atoms with Gasteiger partial charge in [0, 0.05) is 19.6 Å². The summed E-state index contributed by atoms with van der Waals surface area (Å²) in [4.78, 5) is 26.8. The zero-order chi connectivity index (χ0) is 23.1. The monoisotopic (exact) mass is 439 g/mol. The smallest absolute Gasteiger partial charge is 0.321 e. The molecule has 7 heteroatoms. The van der Waals surface area contributed by atoms with Gasteiger partial charge in [-0.1, -0.05) is 48.0 Å². The first-order valence-electron chi connectivity index (χ1n) is 10.5. The lowest BCUT2D eigenvalue weighted by molar-refractivity contribution is -0.164. The molecule has 0 bridgehead atoms. The second-order valence-corrected chi connectivity index (χ2v) is 8.07. The van der Waals surface area contributed by atoms with Crippen LogP contribution in [0.3, 0.4) is 0 Å². The van der Waals surface area contributed by atoms with E-state index in [2.05, 4.69) is 17.0 Å². The number of ether oxygens (including phenoxy) is 2. The van der Waals surface area contributed by atoms with Gasteiger partial charge in [-0.3, -0.25) is 14.5 Å². The highest BCUT2D eigenvalue weighted by atomic mass is 16.5. The average molecular weight is 440 g/mol. The Morgan fingerprint density at radius 3 is 2.19 bits per heavy atom. The minimum atomic E-state index is -1.95. The molecular formula is C25H29NO6. The highest BCUT2D eigenvalue weighted by Gasteiger charge is 2.47. The van der Waals surface area contributed by atoms with Crippen molar-refractivity contribution >= 4 is 11.9 Å². The third kappa shape index (κ3) is 5.29. The van der Waals surface area contributed by atoms with Crippen molar-refractivity contribution in [3.05, 3.63) is 71.3 Å². The summed E-state index contributed by atoms with van der Waals surface area (Å²) in [6.07, 6.45) is 2.43. The van der Waals surface area contributed by atoms with Crippen LogP contribution < -0.4 is 9.47 Å². The van der Waals surface area contributed by atoms with Crippen LogP contribution >= 0.6 is 0 Å². The van der Waals surface area contributed by atoms with Crippen LogP contribution in [0.1, 0.15) is 24.0 Å². The van der Waals surface area contributed by atoms with Crippen LogP contribution in [-0.4, -0.2) is 54.4 Å². The highest BCUT2D eigenvalue weighted by Crippen LogP contribution is 2.36. The lowest BCUT2D eigenvalue weighted by Gasteiger charge is -2.31. The summed E-state index contributed by atoms with van der Waals surface area (Å²) in [5.41, 5.74) is 0.685. The van der Waals surface area contributed by atoms with Gasteiger partial charge in [-0.25, -0.2) is 0 Å². The number of hydrogen-bond donors (Lipinski definition) is 2. The number of rotatable bonds is 10. The lowest BCUT2D eigenvalue weighted by Crippen LogP contribution is -2.42. The van der Waals surface area contributed by atoms with Crippen LogP contribution in [0.4, 0.5) is 0 Å². The van der Waals surface area contributed by atoms with Crippen molar-refractivity contribution in [3.63, 3.8) is 0 Å². The topological polar surface area (TPSA) is 96.3 Å².